The van der Waals surface area contributed by atoms with Crippen LogP contribution in [0.2, 0.25) is 0 Å². The average molecular weight is 421 g/mol. The van der Waals surface area contributed by atoms with E-state index < -0.39 is 10.1 Å². The van der Waals surface area contributed by atoms with Gasteiger partial charge in [-0.3, -0.25) is 4.55 Å². The van der Waals surface area contributed by atoms with Crippen LogP contribution in [0.25, 0.3) is 0 Å². The first-order valence-corrected chi connectivity index (χ1v) is 11.9. The van der Waals surface area contributed by atoms with E-state index in [1.807, 2.05) is 18.2 Å². The molecule has 0 unspecified atom stereocenters. The molecule has 0 aromatic heterocycles. The predicted octanol–water partition coefficient (Wildman–Crippen LogP) is 6.50. The molecule has 0 bridgehead atoms. The Morgan fingerprint density at radius 2 is 1.45 bits per heavy atom. The predicted molar refractivity (Wildman–Crippen MR) is 115 cm³/mol. The summed E-state index contributed by atoms with van der Waals surface area (Å²) in [6.07, 6.45) is 10.8. The van der Waals surface area contributed by atoms with Crippen LogP contribution in [0.3, 0.4) is 0 Å². The fourth-order valence-electron chi connectivity index (χ4n) is 3.40. The van der Waals surface area contributed by atoms with Crippen molar-refractivity contribution in [2.75, 3.05) is 0 Å². The van der Waals surface area contributed by atoms with E-state index in [2.05, 4.69) is 6.92 Å². The molecule has 0 fully saturated rings. The summed E-state index contributed by atoms with van der Waals surface area (Å²) in [6.45, 7) is 2.21. The lowest BCUT2D eigenvalue weighted by Crippen LogP contribution is -2.05. The van der Waals surface area contributed by atoms with E-state index in [9.17, 15) is 18.1 Å². The van der Waals surface area contributed by atoms with Crippen molar-refractivity contribution < 1.29 is 22.8 Å². The third-order valence-electron chi connectivity index (χ3n) is 4.93. The van der Waals surface area contributed by atoms with Crippen molar-refractivity contribution in [3.63, 3.8) is 0 Å². The monoisotopic (exact) mass is 420 g/mol. The van der Waals surface area contributed by atoms with Crippen molar-refractivity contribution >= 4 is 10.1 Å². The first kappa shape index (κ1) is 23.2. The van der Waals surface area contributed by atoms with E-state index in [0.717, 1.165) is 25.3 Å². The molecular formula is C23H32O5S. The maximum atomic E-state index is 11.9. The highest BCUT2D eigenvalue weighted by atomic mass is 32.2. The van der Waals surface area contributed by atoms with Gasteiger partial charge >= 0.3 is 0 Å². The number of phenols is 1. The topological polar surface area (TPSA) is 83.8 Å². The fourth-order valence-corrected chi connectivity index (χ4v) is 4.19. The Kier molecular flexibility index (Phi) is 9.48. The summed E-state index contributed by atoms with van der Waals surface area (Å²) in [4.78, 5) is -0.289. The van der Waals surface area contributed by atoms with Crippen LogP contribution in [0.4, 0.5) is 0 Å². The van der Waals surface area contributed by atoms with Crippen LogP contribution in [0.5, 0.6) is 17.2 Å². The summed E-state index contributed by atoms with van der Waals surface area (Å²) in [7, 11) is -4.47. The van der Waals surface area contributed by atoms with Crippen LogP contribution in [-0.2, 0) is 16.5 Å². The Labute approximate surface area is 174 Å². The standard InChI is InChI=1S/C23H32O5S/c1-2-3-4-5-6-7-8-9-13-16-21-22(28-20-14-11-10-12-15-20)17-19(24)18-23(21)29(25,26)27/h10-12,14-15,17-18,24H,2-9,13,16H2,1H3,(H,25,26,27). The fraction of sp³-hybridized carbons (Fsp3) is 0.478. The van der Waals surface area contributed by atoms with Gasteiger partial charge < -0.3 is 9.84 Å². The maximum absolute atomic E-state index is 11.9. The number of ether oxygens (including phenoxy) is 1. The molecule has 2 aromatic carbocycles. The third kappa shape index (κ3) is 8.07. The molecule has 2 aromatic rings. The van der Waals surface area contributed by atoms with Crippen LogP contribution >= 0.6 is 0 Å². The number of phenolic OH excluding ortho intramolecular Hbond substituents is 1. The normalized spacial score (nSPS) is 11.5. The smallest absolute Gasteiger partial charge is 0.295 e. The Morgan fingerprint density at radius 1 is 0.862 bits per heavy atom. The molecule has 2 N–H and O–H groups in total. The molecule has 29 heavy (non-hydrogen) atoms. The Morgan fingerprint density at radius 3 is 2.03 bits per heavy atom. The highest BCUT2D eigenvalue weighted by Gasteiger charge is 2.21. The van der Waals surface area contributed by atoms with Gasteiger partial charge in [-0.2, -0.15) is 8.42 Å². The maximum Gasteiger partial charge on any atom is 0.295 e. The molecule has 2 rings (SSSR count). The van der Waals surface area contributed by atoms with E-state index in [1.54, 1.807) is 12.1 Å². The highest BCUT2D eigenvalue weighted by Crippen LogP contribution is 2.35. The molecule has 0 aliphatic heterocycles. The minimum Gasteiger partial charge on any atom is -0.508 e. The van der Waals surface area contributed by atoms with Crippen LogP contribution in [0, 0.1) is 0 Å². The molecular weight excluding hydrogens is 388 g/mol. The SMILES string of the molecule is CCCCCCCCCCCc1c(Oc2ccccc2)cc(O)cc1S(=O)(=O)O. The summed E-state index contributed by atoms with van der Waals surface area (Å²) in [6, 6.07) is 11.4. The van der Waals surface area contributed by atoms with Crippen molar-refractivity contribution in [3.8, 4) is 17.2 Å². The van der Waals surface area contributed by atoms with E-state index in [1.165, 1.54) is 44.6 Å². The molecule has 0 radical (unpaired) electrons. The van der Waals surface area contributed by atoms with E-state index >= 15 is 0 Å². The zero-order chi connectivity index (χ0) is 21.1. The molecule has 0 atom stereocenters. The molecule has 0 aliphatic rings. The number of benzene rings is 2. The summed E-state index contributed by atoms with van der Waals surface area (Å²) in [5.74, 6) is 0.524. The number of unbranched alkanes of at least 4 members (excludes halogenated alkanes) is 8. The quantitative estimate of drug-likeness (QED) is 0.285. The van der Waals surface area contributed by atoms with Gasteiger partial charge in [0.15, 0.2) is 0 Å². The van der Waals surface area contributed by atoms with Crippen LogP contribution in [-0.4, -0.2) is 18.1 Å². The second-order valence-electron chi connectivity index (χ2n) is 7.39. The minimum atomic E-state index is -4.47. The van der Waals surface area contributed by atoms with E-state index in [4.69, 9.17) is 4.74 Å². The third-order valence-corrected chi connectivity index (χ3v) is 5.85. The zero-order valence-electron chi connectivity index (χ0n) is 17.1. The number of aromatic hydroxyl groups is 1. The van der Waals surface area contributed by atoms with E-state index in [0.29, 0.717) is 17.7 Å². The van der Waals surface area contributed by atoms with Gasteiger partial charge in [-0.05, 0) is 25.0 Å². The molecule has 0 saturated heterocycles. The van der Waals surface area contributed by atoms with Crippen molar-refractivity contribution in [2.24, 2.45) is 0 Å². The molecule has 5 nitrogen and oxygen atoms in total. The first-order valence-electron chi connectivity index (χ1n) is 10.5. The molecule has 0 saturated carbocycles. The van der Waals surface area contributed by atoms with Gasteiger partial charge in [-0.1, -0.05) is 76.5 Å². The number of rotatable bonds is 13. The summed E-state index contributed by atoms with van der Waals surface area (Å²) in [5.41, 5.74) is 0.400. The molecule has 6 heteroatoms. The summed E-state index contributed by atoms with van der Waals surface area (Å²) < 4.78 is 39.2. The molecule has 0 spiro atoms. The van der Waals surface area contributed by atoms with Gasteiger partial charge in [0.25, 0.3) is 10.1 Å². The lowest BCUT2D eigenvalue weighted by atomic mass is 10.0. The number of para-hydroxylation sites is 1. The summed E-state index contributed by atoms with van der Waals surface area (Å²) in [5, 5.41) is 9.93. The zero-order valence-corrected chi connectivity index (χ0v) is 18.0. The first-order chi connectivity index (χ1) is 13.9. The molecule has 0 amide bonds. The van der Waals surface area contributed by atoms with Gasteiger partial charge in [0.05, 0.1) is 0 Å². The van der Waals surface area contributed by atoms with Crippen molar-refractivity contribution in [1.82, 2.24) is 0 Å². The van der Waals surface area contributed by atoms with Gasteiger partial charge in [0.1, 0.15) is 22.1 Å². The highest BCUT2D eigenvalue weighted by molar-refractivity contribution is 7.85. The minimum absolute atomic E-state index is 0.253. The second-order valence-corrected chi connectivity index (χ2v) is 8.78. The van der Waals surface area contributed by atoms with Crippen molar-refractivity contribution in [3.05, 3.63) is 48.0 Å². The summed E-state index contributed by atoms with van der Waals surface area (Å²) >= 11 is 0. The van der Waals surface area contributed by atoms with Crippen LogP contribution < -0.4 is 4.74 Å². The van der Waals surface area contributed by atoms with Crippen LogP contribution in [0.15, 0.2) is 47.4 Å². The molecule has 160 valence electrons. The van der Waals surface area contributed by atoms with E-state index in [-0.39, 0.29) is 16.4 Å². The van der Waals surface area contributed by atoms with Gasteiger partial charge in [-0.15, -0.1) is 0 Å². The molecule has 0 aliphatic carbocycles. The Hall–Kier alpha value is -2.05. The molecule has 0 heterocycles. The lowest BCUT2D eigenvalue weighted by molar-refractivity contribution is 0.440. The second kappa shape index (κ2) is 11.8. The van der Waals surface area contributed by atoms with Gasteiger partial charge in [0.2, 0.25) is 0 Å². The number of hydrogen-bond donors (Lipinski definition) is 2. The van der Waals surface area contributed by atoms with Gasteiger partial charge in [0, 0.05) is 17.7 Å². The average Bonchev–Trinajstić information content (AvgIpc) is 2.67. The van der Waals surface area contributed by atoms with Crippen molar-refractivity contribution in [1.29, 1.82) is 0 Å². The Bertz CT molecular complexity index is 847. The Balaban J connectivity index is 2.04. The van der Waals surface area contributed by atoms with Crippen molar-refractivity contribution in [2.45, 2.75) is 76.0 Å². The largest absolute Gasteiger partial charge is 0.508 e. The van der Waals surface area contributed by atoms with Crippen LogP contribution in [0.1, 0.15) is 70.3 Å². The lowest BCUT2D eigenvalue weighted by Gasteiger charge is -2.15. The van der Waals surface area contributed by atoms with Gasteiger partial charge in [-0.25, -0.2) is 0 Å². The number of hydrogen-bond acceptors (Lipinski definition) is 4.